The van der Waals surface area contributed by atoms with Crippen LogP contribution in [0.1, 0.15) is 17.7 Å². The summed E-state index contributed by atoms with van der Waals surface area (Å²) in [6.45, 7) is 1.68. The van der Waals surface area contributed by atoms with Crippen molar-refractivity contribution in [2.75, 3.05) is 7.11 Å². The predicted octanol–water partition coefficient (Wildman–Crippen LogP) is 2.94. The van der Waals surface area contributed by atoms with E-state index in [9.17, 15) is 8.78 Å². The molecule has 0 unspecified atom stereocenters. The Morgan fingerprint density at radius 1 is 1.54 bits per heavy atom. The van der Waals surface area contributed by atoms with Crippen LogP contribution in [0.2, 0.25) is 0 Å². The molecule has 0 atom stereocenters. The molecule has 1 aromatic heterocycles. The van der Waals surface area contributed by atoms with Gasteiger partial charge in [0.15, 0.2) is 0 Å². The number of pyridine rings is 1. The summed E-state index contributed by atoms with van der Waals surface area (Å²) < 4.78 is 30.2. The zero-order valence-corrected chi connectivity index (χ0v) is 9.30. The molecule has 1 heterocycles. The Morgan fingerprint density at radius 3 is 2.62 bits per heavy atom. The van der Waals surface area contributed by atoms with Crippen molar-refractivity contribution in [1.29, 1.82) is 0 Å². The zero-order valence-electron chi connectivity index (χ0n) is 7.14. The molecular weight excluding hydrogens is 291 g/mol. The third-order valence-corrected chi connectivity index (χ3v) is 2.98. The van der Waals surface area contributed by atoms with Crippen LogP contribution in [0.4, 0.5) is 8.78 Å². The van der Waals surface area contributed by atoms with Crippen LogP contribution in [-0.4, -0.2) is 12.1 Å². The highest BCUT2D eigenvalue weighted by atomic mass is 127. The Labute approximate surface area is 88.5 Å². The number of aryl methyl sites for hydroxylation is 1. The first-order chi connectivity index (χ1) is 6.06. The number of rotatable bonds is 2. The lowest BCUT2D eigenvalue weighted by Gasteiger charge is -2.08. The van der Waals surface area contributed by atoms with E-state index in [0.717, 1.165) is 0 Å². The molecule has 1 rings (SSSR count). The first-order valence-electron chi connectivity index (χ1n) is 3.55. The minimum atomic E-state index is -2.48. The number of hydrogen-bond acceptors (Lipinski definition) is 2. The fourth-order valence-electron chi connectivity index (χ4n) is 0.915. The summed E-state index contributed by atoms with van der Waals surface area (Å²) in [4.78, 5) is 3.97. The van der Waals surface area contributed by atoms with Crippen LogP contribution in [0, 0.1) is 10.5 Å². The van der Waals surface area contributed by atoms with E-state index in [4.69, 9.17) is 4.74 Å². The minimum absolute atomic E-state index is 0.0232. The molecule has 2 nitrogen and oxygen atoms in total. The number of aromatic nitrogens is 1. The van der Waals surface area contributed by atoms with Gasteiger partial charge in [-0.2, -0.15) is 0 Å². The fraction of sp³-hybridized carbons (Fsp3) is 0.375. The average Bonchev–Trinajstić information content (AvgIpc) is 2.09. The first kappa shape index (κ1) is 10.6. The van der Waals surface area contributed by atoms with Crippen LogP contribution in [0.3, 0.4) is 0 Å². The molecule has 0 saturated carbocycles. The molecule has 0 aliphatic rings. The summed E-state index contributed by atoms with van der Waals surface area (Å²) in [5.41, 5.74) is 0.542. The number of ether oxygens (including phenoxy) is 1. The molecule has 0 aromatic carbocycles. The van der Waals surface area contributed by atoms with Gasteiger partial charge in [0.2, 0.25) is 5.88 Å². The number of halogens is 3. The van der Waals surface area contributed by atoms with Crippen LogP contribution < -0.4 is 4.74 Å². The molecule has 0 aliphatic carbocycles. The maximum atomic E-state index is 12.4. The van der Waals surface area contributed by atoms with Crippen molar-refractivity contribution in [3.8, 4) is 5.88 Å². The smallest absolute Gasteiger partial charge is 0.265 e. The third kappa shape index (κ3) is 2.26. The van der Waals surface area contributed by atoms with Gasteiger partial charge in [0.05, 0.1) is 12.8 Å². The highest BCUT2D eigenvalue weighted by Gasteiger charge is 2.15. The topological polar surface area (TPSA) is 22.1 Å². The largest absolute Gasteiger partial charge is 0.481 e. The van der Waals surface area contributed by atoms with E-state index in [1.165, 1.54) is 13.2 Å². The molecule has 0 fully saturated rings. The minimum Gasteiger partial charge on any atom is -0.481 e. The van der Waals surface area contributed by atoms with Gasteiger partial charge in [-0.25, -0.2) is 13.8 Å². The molecule has 72 valence electrons. The first-order valence-corrected chi connectivity index (χ1v) is 4.63. The van der Waals surface area contributed by atoms with Crippen molar-refractivity contribution in [3.05, 3.63) is 20.9 Å². The SMILES string of the molecule is COc1cc(C(F)F)c(I)c(C)n1. The van der Waals surface area contributed by atoms with E-state index in [1.807, 2.05) is 22.6 Å². The van der Waals surface area contributed by atoms with Gasteiger partial charge in [-0.05, 0) is 29.5 Å². The van der Waals surface area contributed by atoms with Gasteiger partial charge < -0.3 is 4.74 Å². The molecule has 0 radical (unpaired) electrons. The summed E-state index contributed by atoms with van der Waals surface area (Å²) in [7, 11) is 1.41. The van der Waals surface area contributed by atoms with Crippen LogP contribution in [-0.2, 0) is 0 Å². The Bertz CT molecular complexity index is 317. The van der Waals surface area contributed by atoms with Crippen molar-refractivity contribution in [2.45, 2.75) is 13.3 Å². The number of methoxy groups -OCH3 is 1. The van der Waals surface area contributed by atoms with Crippen LogP contribution in [0.25, 0.3) is 0 Å². The quantitative estimate of drug-likeness (QED) is 0.783. The second kappa shape index (κ2) is 4.17. The average molecular weight is 299 g/mol. The molecule has 1 aromatic rings. The summed E-state index contributed by atoms with van der Waals surface area (Å²) in [5, 5.41) is 0. The fourth-order valence-corrected chi connectivity index (χ4v) is 1.43. The summed E-state index contributed by atoms with van der Waals surface area (Å²) in [5.74, 6) is 0.230. The molecule has 0 bridgehead atoms. The van der Waals surface area contributed by atoms with Crippen molar-refractivity contribution >= 4 is 22.6 Å². The van der Waals surface area contributed by atoms with Gasteiger partial charge >= 0.3 is 0 Å². The van der Waals surface area contributed by atoms with E-state index >= 15 is 0 Å². The van der Waals surface area contributed by atoms with E-state index < -0.39 is 6.43 Å². The normalized spacial score (nSPS) is 10.6. The molecule has 5 heteroatoms. The molecule has 13 heavy (non-hydrogen) atoms. The highest BCUT2D eigenvalue weighted by Crippen LogP contribution is 2.28. The van der Waals surface area contributed by atoms with E-state index in [0.29, 0.717) is 9.26 Å². The van der Waals surface area contributed by atoms with Gasteiger partial charge in [0.1, 0.15) is 0 Å². The molecule has 0 amide bonds. The van der Waals surface area contributed by atoms with Gasteiger partial charge in [-0.3, -0.25) is 0 Å². The molecule has 0 saturated heterocycles. The van der Waals surface area contributed by atoms with Gasteiger partial charge in [0.25, 0.3) is 6.43 Å². The van der Waals surface area contributed by atoms with Crippen molar-refractivity contribution in [3.63, 3.8) is 0 Å². The molecule has 0 N–H and O–H groups in total. The monoisotopic (exact) mass is 299 g/mol. The van der Waals surface area contributed by atoms with Crippen molar-refractivity contribution in [2.24, 2.45) is 0 Å². The van der Waals surface area contributed by atoms with Gasteiger partial charge in [-0.1, -0.05) is 0 Å². The lowest BCUT2D eigenvalue weighted by Crippen LogP contribution is -1.98. The number of nitrogens with zero attached hydrogens (tertiary/aromatic N) is 1. The maximum Gasteiger partial charge on any atom is 0.265 e. The van der Waals surface area contributed by atoms with E-state index in [2.05, 4.69) is 4.98 Å². The maximum absolute atomic E-state index is 12.4. The van der Waals surface area contributed by atoms with Crippen molar-refractivity contribution < 1.29 is 13.5 Å². The Hall–Kier alpha value is -0.460. The summed E-state index contributed by atoms with van der Waals surface area (Å²) in [6, 6.07) is 1.26. The van der Waals surface area contributed by atoms with Crippen LogP contribution in [0.5, 0.6) is 5.88 Å². The summed E-state index contributed by atoms with van der Waals surface area (Å²) >= 11 is 1.86. The zero-order chi connectivity index (χ0) is 10.0. The predicted molar refractivity (Wildman–Crippen MR) is 53.2 cm³/mol. The van der Waals surface area contributed by atoms with E-state index in [1.54, 1.807) is 6.92 Å². The Balaban J connectivity index is 3.25. The highest BCUT2D eigenvalue weighted by molar-refractivity contribution is 14.1. The lowest BCUT2D eigenvalue weighted by atomic mass is 10.2. The van der Waals surface area contributed by atoms with E-state index in [-0.39, 0.29) is 11.4 Å². The second-order valence-corrected chi connectivity index (χ2v) is 3.53. The third-order valence-electron chi connectivity index (χ3n) is 1.57. The van der Waals surface area contributed by atoms with Crippen molar-refractivity contribution in [1.82, 2.24) is 4.98 Å². The van der Waals surface area contributed by atoms with Crippen LogP contribution in [0.15, 0.2) is 6.07 Å². The molecule has 0 aliphatic heterocycles. The van der Waals surface area contributed by atoms with Gasteiger partial charge in [0, 0.05) is 15.2 Å². The Morgan fingerprint density at radius 2 is 2.15 bits per heavy atom. The number of alkyl halides is 2. The standard InChI is InChI=1S/C8H8F2INO/c1-4-7(11)5(8(9)10)3-6(12-4)13-2/h3,8H,1-2H3. The molecular formula is C8H8F2INO. The lowest BCUT2D eigenvalue weighted by molar-refractivity contribution is 0.149. The summed E-state index contributed by atoms with van der Waals surface area (Å²) in [6.07, 6.45) is -2.48. The number of hydrogen-bond donors (Lipinski definition) is 0. The second-order valence-electron chi connectivity index (χ2n) is 2.45. The molecule has 0 spiro atoms. The van der Waals surface area contributed by atoms with Crippen LogP contribution >= 0.6 is 22.6 Å². The van der Waals surface area contributed by atoms with Gasteiger partial charge in [-0.15, -0.1) is 0 Å². The Kier molecular flexibility index (Phi) is 3.40.